The molecule has 142 valence electrons. The second-order valence-electron chi connectivity index (χ2n) is 7.01. The van der Waals surface area contributed by atoms with E-state index in [1.807, 2.05) is 25.1 Å². The minimum atomic E-state index is -0.431. The number of nitrogens with one attached hydrogen (secondary N) is 1. The molecular formula is C20H24N4O3. The molecule has 2 saturated heterocycles. The van der Waals surface area contributed by atoms with Crippen molar-refractivity contribution >= 4 is 11.9 Å². The first kappa shape index (κ1) is 17.9. The molecule has 7 nitrogen and oxygen atoms in total. The number of nitrogens with zero attached hydrogens (tertiary/aromatic N) is 3. The minimum Gasteiger partial charge on any atom is -0.347 e. The lowest BCUT2D eigenvalue weighted by Crippen LogP contribution is -2.45. The monoisotopic (exact) mass is 368 g/mol. The third-order valence-corrected chi connectivity index (χ3v) is 5.03. The van der Waals surface area contributed by atoms with E-state index in [0.717, 1.165) is 31.5 Å². The summed E-state index contributed by atoms with van der Waals surface area (Å²) < 4.78 is 11.5. The van der Waals surface area contributed by atoms with Crippen LogP contribution in [-0.4, -0.2) is 48.0 Å². The molecule has 0 atom stereocenters. The van der Waals surface area contributed by atoms with Gasteiger partial charge in [-0.15, -0.1) is 0 Å². The van der Waals surface area contributed by atoms with Gasteiger partial charge < -0.3 is 19.7 Å². The molecule has 3 heterocycles. The van der Waals surface area contributed by atoms with Crippen molar-refractivity contribution in [3.05, 3.63) is 53.3 Å². The van der Waals surface area contributed by atoms with Crippen LogP contribution in [-0.2, 0) is 16.0 Å². The Kier molecular flexibility index (Phi) is 5.05. The predicted octanol–water partition coefficient (Wildman–Crippen LogP) is 2.06. The normalized spacial score (nSPS) is 18.6. The van der Waals surface area contributed by atoms with Gasteiger partial charge in [-0.25, -0.2) is 9.97 Å². The van der Waals surface area contributed by atoms with Gasteiger partial charge in [-0.2, -0.15) is 0 Å². The van der Waals surface area contributed by atoms with E-state index >= 15 is 0 Å². The highest BCUT2D eigenvalue weighted by molar-refractivity contribution is 5.92. The van der Waals surface area contributed by atoms with Crippen molar-refractivity contribution in [3.8, 4) is 0 Å². The third-order valence-electron chi connectivity index (χ3n) is 5.03. The fourth-order valence-electron chi connectivity index (χ4n) is 3.56. The van der Waals surface area contributed by atoms with Crippen LogP contribution in [0.5, 0.6) is 0 Å². The van der Waals surface area contributed by atoms with Crippen LogP contribution in [0.3, 0.4) is 0 Å². The molecule has 1 spiro atoms. The number of hydrogen-bond acceptors (Lipinski definition) is 6. The van der Waals surface area contributed by atoms with E-state index in [2.05, 4.69) is 26.3 Å². The van der Waals surface area contributed by atoms with Crippen molar-refractivity contribution in [1.82, 2.24) is 15.3 Å². The van der Waals surface area contributed by atoms with Crippen LogP contribution in [0.25, 0.3) is 0 Å². The number of aromatic nitrogens is 2. The lowest BCUT2D eigenvalue weighted by Gasteiger charge is -2.37. The Morgan fingerprint density at radius 2 is 2.00 bits per heavy atom. The van der Waals surface area contributed by atoms with Gasteiger partial charge in [0.15, 0.2) is 5.79 Å². The molecule has 0 saturated carbocycles. The number of benzene rings is 1. The Morgan fingerprint density at radius 1 is 1.22 bits per heavy atom. The number of carbonyl (C=O) groups is 1. The molecule has 1 aromatic carbocycles. The average molecular weight is 368 g/mol. The third kappa shape index (κ3) is 4.09. The maximum Gasteiger partial charge on any atom is 0.270 e. The highest BCUT2D eigenvalue weighted by Gasteiger charge is 2.40. The SMILES string of the molecule is Cc1cccc(CNC(=O)c2ccnc(N3CCC4(CC3)OCCO4)n2)c1. The number of rotatable bonds is 4. The van der Waals surface area contributed by atoms with Crippen molar-refractivity contribution in [3.63, 3.8) is 0 Å². The van der Waals surface area contributed by atoms with Gasteiger partial charge in [-0.05, 0) is 18.6 Å². The molecular weight excluding hydrogens is 344 g/mol. The maximum atomic E-state index is 12.5. The summed E-state index contributed by atoms with van der Waals surface area (Å²) in [5, 5.41) is 2.92. The molecule has 27 heavy (non-hydrogen) atoms. The molecule has 2 aliphatic rings. The molecule has 0 bridgehead atoms. The molecule has 0 unspecified atom stereocenters. The standard InChI is InChI=1S/C20H24N4O3/c1-15-3-2-4-16(13-15)14-22-18(25)17-5-8-21-19(23-17)24-9-6-20(7-10-24)26-11-12-27-20/h2-5,8,13H,6-7,9-12,14H2,1H3,(H,22,25). The number of aryl methyl sites for hydroxylation is 1. The molecule has 4 rings (SSSR count). The van der Waals surface area contributed by atoms with Crippen LogP contribution in [0, 0.1) is 6.92 Å². The summed E-state index contributed by atoms with van der Waals surface area (Å²) in [5.74, 6) is -0.0543. The summed E-state index contributed by atoms with van der Waals surface area (Å²) in [5.41, 5.74) is 2.61. The number of hydrogen-bond donors (Lipinski definition) is 1. The number of carbonyl (C=O) groups excluding carboxylic acids is 1. The van der Waals surface area contributed by atoms with Gasteiger partial charge in [0.05, 0.1) is 13.2 Å². The lowest BCUT2D eigenvalue weighted by molar-refractivity contribution is -0.169. The van der Waals surface area contributed by atoms with Gasteiger partial charge in [0, 0.05) is 38.7 Å². The largest absolute Gasteiger partial charge is 0.347 e. The van der Waals surface area contributed by atoms with Crippen molar-refractivity contribution in [1.29, 1.82) is 0 Å². The smallest absolute Gasteiger partial charge is 0.270 e. The zero-order valence-corrected chi connectivity index (χ0v) is 15.5. The number of piperidine rings is 1. The average Bonchev–Trinajstić information content (AvgIpc) is 3.15. The Hall–Kier alpha value is -2.51. The summed E-state index contributed by atoms with van der Waals surface area (Å²) in [6, 6.07) is 9.72. The van der Waals surface area contributed by atoms with Gasteiger partial charge >= 0.3 is 0 Å². The summed E-state index contributed by atoms with van der Waals surface area (Å²) in [6.45, 7) is 5.32. The van der Waals surface area contributed by atoms with Gasteiger partial charge in [0.25, 0.3) is 5.91 Å². The van der Waals surface area contributed by atoms with Crippen molar-refractivity contribution in [2.75, 3.05) is 31.2 Å². The zero-order chi connectivity index (χ0) is 18.7. The fourth-order valence-corrected chi connectivity index (χ4v) is 3.56. The van der Waals surface area contributed by atoms with E-state index < -0.39 is 5.79 Å². The van der Waals surface area contributed by atoms with Crippen LogP contribution >= 0.6 is 0 Å². The molecule has 2 aliphatic heterocycles. The predicted molar refractivity (Wildman–Crippen MR) is 100 cm³/mol. The van der Waals surface area contributed by atoms with E-state index in [4.69, 9.17) is 9.47 Å². The molecule has 1 N–H and O–H groups in total. The Balaban J connectivity index is 1.38. The molecule has 7 heteroatoms. The first-order chi connectivity index (χ1) is 13.1. The molecule has 2 aromatic rings. The van der Waals surface area contributed by atoms with E-state index in [0.29, 0.717) is 31.4 Å². The fraction of sp³-hybridized carbons (Fsp3) is 0.450. The van der Waals surface area contributed by atoms with Gasteiger partial charge in [-0.3, -0.25) is 4.79 Å². The van der Waals surface area contributed by atoms with Gasteiger partial charge in [0.1, 0.15) is 5.69 Å². The number of amides is 1. The van der Waals surface area contributed by atoms with Gasteiger partial charge in [0.2, 0.25) is 5.95 Å². The number of anilines is 1. The topological polar surface area (TPSA) is 76.6 Å². The number of ether oxygens (including phenoxy) is 2. The first-order valence-corrected chi connectivity index (χ1v) is 9.33. The Labute approximate surface area is 158 Å². The van der Waals surface area contributed by atoms with E-state index in [-0.39, 0.29) is 5.91 Å². The quantitative estimate of drug-likeness (QED) is 0.890. The summed E-state index contributed by atoms with van der Waals surface area (Å²) in [6.07, 6.45) is 3.19. The summed E-state index contributed by atoms with van der Waals surface area (Å²) in [4.78, 5) is 23.4. The van der Waals surface area contributed by atoms with E-state index in [9.17, 15) is 4.79 Å². The summed E-state index contributed by atoms with van der Waals surface area (Å²) in [7, 11) is 0. The second kappa shape index (κ2) is 7.62. The highest BCUT2D eigenvalue weighted by atomic mass is 16.7. The Morgan fingerprint density at radius 3 is 2.74 bits per heavy atom. The van der Waals surface area contributed by atoms with Crippen molar-refractivity contribution in [2.45, 2.75) is 32.1 Å². The highest BCUT2D eigenvalue weighted by Crippen LogP contribution is 2.32. The molecule has 1 aromatic heterocycles. The summed E-state index contributed by atoms with van der Waals surface area (Å²) >= 11 is 0. The van der Waals surface area contributed by atoms with Crippen LogP contribution in [0.1, 0.15) is 34.5 Å². The first-order valence-electron chi connectivity index (χ1n) is 9.33. The zero-order valence-electron chi connectivity index (χ0n) is 15.5. The van der Waals surface area contributed by atoms with Crippen LogP contribution in [0.2, 0.25) is 0 Å². The lowest BCUT2D eigenvalue weighted by atomic mass is 10.0. The van der Waals surface area contributed by atoms with Gasteiger partial charge in [-0.1, -0.05) is 29.8 Å². The van der Waals surface area contributed by atoms with E-state index in [1.165, 1.54) is 5.56 Å². The molecule has 2 fully saturated rings. The molecule has 0 aliphatic carbocycles. The molecule has 1 amide bonds. The van der Waals surface area contributed by atoms with Crippen LogP contribution in [0.4, 0.5) is 5.95 Å². The molecule has 0 radical (unpaired) electrons. The van der Waals surface area contributed by atoms with Crippen molar-refractivity contribution < 1.29 is 14.3 Å². The van der Waals surface area contributed by atoms with Crippen molar-refractivity contribution in [2.24, 2.45) is 0 Å². The van der Waals surface area contributed by atoms with E-state index in [1.54, 1.807) is 12.3 Å². The maximum absolute atomic E-state index is 12.5. The Bertz CT molecular complexity index is 810. The second-order valence-corrected chi connectivity index (χ2v) is 7.01. The van der Waals surface area contributed by atoms with Crippen LogP contribution in [0.15, 0.2) is 36.5 Å². The minimum absolute atomic E-state index is 0.198. The van der Waals surface area contributed by atoms with Crippen LogP contribution < -0.4 is 10.2 Å².